The van der Waals surface area contributed by atoms with Gasteiger partial charge in [-0.25, -0.2) is 4.79 Å². The Hall–Kier alpha value is -0.890. The molecule has 0 spiro atoms. The lowest BCUT2D eigenvalue weighted by molar-refractivity contribution is -0.192. The number of rotatable bonds is 3. The summed E-state index contributed by atoms with van der Waals surface area (Å²) in [5.74, 6) is -2.76. The third-order valence-electron chi connectivity index (χ3n) is 1.84. The van der Waals surface area contributed by atoms with Crippen LogP contribution in [-0.4, -0.2) is 54.5 Å². The fourth-order valence-electron chi connectivity index (χ4n) is 1.08. The van der Waals surface area contributed by atoms with Gasteiger partial charge in [0.15, 0.2) is 0 Å². The van der Waals surface area contributed by atoms with Gasteiger partial charge in [0, 0.05) is 25.7 Å². The number of nitrogens with zero attached hydrogens (tertiary/aromatic N) is 1. The number of aliphatic carboxylic acids is 1. The molecule has 0 unspecified atom stereocenters. The average Bonchev–Trinajstić information content (AvgIpc) is 2.10. The summed E-state index contributed by atoms with van der Waals surface area (Å²) in [6.45, 7) is 2.59. The Labute approximate surface area is 90.0 Å². The molecule has 0 aromatic heterocycles. The van der Waals surface area contributed by atoms with Crippen LogP contribution in [0.4, 0.5) is 17.6 Å². The molecule has 0 amide bonds. The van der Waals surface area contributed by atoms with Crippen LogP contribution in [0.1, 0.15) is 6.42 Å². The second-order valence-electron chi connectivity index (χ2n) is 3.37. The van der Waals surface area contributed by atoms with Crippen LogP contribution in [0, 0.1) is 0 Å². The molecule has 1 saturated heterocycles. The van der Waals surface area contributed by atoms with Crippen LogP contribution in [0.3, 0.4) is 0 Å². The van der Waals surface area contributed by atoms with Crippen molar-refractivity contribution >= 4 is 5.97 Å². The Morgan fingerprint density at radius 1 is 1.44 bits per heavy atom. The van der Waals surface area contributed by atoms with Crippen molar-refractivity contribution in [2.45, 2.75) is 18.6 Å². The molecule has 0 bridgehead atoms. The number of alkyl halides is 4. The van der Waals surface area contributed by atoms with Gasteiger partial charge in [-0.1, -0.05) is 0 Å². The van der Waals surface area contributed by atoms with Crippen LogP contribution in [0.2, 0.25) is 0 Å². The highest BCUT2D eigenvalue weighted by molar-refractivity contribution is 5.73. The first kappa shape index (κ1) is 15.1. The Kier molecular flexibility index (Phi) is 6.27. The van der Waals surface area contributed by atoms with Crippen molar-refractivity contribution in [2.24, 2.45) is 5.73 Å². The molecule has 96 valence electrons. The highest BCUT2D eigenvalue weighted by Crippen LogP contribution is 2.13. The molecular formula is C8H14F4N2O2. The molecule has 0 radical (unpaired) electrons. The number of hydrogen-bond donors (Lipinski definition) is 2. The first-order valence-corrected chi connectivity index (χ1v) is 4.61. The van der Waals surface area contributed by atoms with E-state index in [0.717, 1.165) is 19.6 Å². The highest BCUT2D eigenvalue weighted by atomic mass is 19.4. The van der Waals surface area contributed by atoms with Crippen LogP contribution < -0.4 is 5.73 Å². The molecule has 1 aliphatic rings. The van der Waals surface area contributed by atoms with Crippen LogP contribution in [0.5, 0.6) is 0 Å². The lowest BCUT2D eigenvalue weighted by Gasteiger charge is -2.36. The maximum Gasteiger partial charge on any atom is 0.490 e. The van der Waals surface area contributed by atoms with Crippen molar-refractivity contribution in [1.82, 2.24) is 4.90 Å². The smallest absolute Gasteiger partial charge is 0.475 e. The number of carbonyl (C=O) groups is 1. The number of hydrogen-bond acceptors (Lipinski definition) is 3. The topological polar surface area (TPSA) is 66.6 Å². The summed E-state index contributed by atoms with van der Waals surface area (Å²) in [5, 5.41) is 7.12. The molecule has 16 heavy (non-hydrogen) atoms. The zero-order chi connectivity index (χ0) is 12.8. The van der Waals surface area contributed by atoms with Gasteiger partial charge in [0.25, 0.3) is 0 Å². The standard InChI is InChI=1S/C6H13FN2.C2HF3O2/c7-2-1-3-9-4-6(8)5-9;3-2(4,5)1(6)7/h6H,1-5,8H2;(H,6,7). The average molecular weight is 246 g/mol. The summed E-state index contributed by atoms with van der Waals surface area (Å²) >= 11 is 0. The van der Waals surface area contributed by atoms with Crippen molar-refractivity contribution < 1.29 is 27.5 Å². The molecule has 0 atom stereocenters. The minimum atomic E-state index is -5.08. The minimum Gasteiger partial charge on any atom is -0.475 e. The minimum absolute atomic E-state index is 0.203. The van der Waals surface area contributed by atoms with Crippen molar-refractivity contribution in [3.63, 3.8) is 0 Å². The Balaban J connectivity index is 0.000000293. The van der Waals surface area contributed by atoms with Crippen LogP contribution in [0.25, 0.3) is 0 Å². The van der Waals surface area contributed by atoms with E-state index in [-0.39, 0.29) is 6.67 Å². The number of carboxylic acids is 1. The Bertz CT molecular complexity index is 217. The van der Waals surface area contributed by atoms with Gasteiger partial charge >= 0.3 is 12.1 Å². The predicted octanol–water partition coefficient (Wildman–Crippen LogP) is 0.622. The van der Waals surface area contributed by atoms with Gasteiger partial charge in [-0.15, -0.1) is 0 Å². The summed E-state index contributed by atoms with van der Waals surface area (Å²) < 4.78 is 43.3. The zero-order valence-electron chi connectivity index (χ0n) is 8.50. The molecule has 0 aromatic rings. The predicted molar refractivity (Wildman–Crippen MR) is 48.7 cm³/mol. The molecule has 4 nitrogen and oxygen atoms in total. The number of carboxylic acid groups (broad SMARTS) is 1. The maximum atomic E-state index is 11.6. The van der Waals surface area contributed by atoms with E-state index in [2.05, 4.69) is 4.90 Å². The molecular weight excluding hydrogens is 232 g/mol. The van der Waals surface area contributed by atoms with Gasteiger partial charge in [0.05, 0.1) is 6.67 Å². The number of halogens is 4. The first-order chi connectivity index (χ1) is 7.27. The van der Waals surface area contributed by atoms with E-state index < -0.39 is 12.1 Å². The monoisotopic (exact) mass is 246 g/mol. The molecule has 1 fully saturated rings. The summed E-state index contributed by atoms with van der Waals surface area (Å²) in [6, 6.07) is 0.351. The summed E-state index contributed by atoms with van der Waals surface area (Å²) in [4.78, 5) is 11.1. The van der Waals surface area contributed by atoms with E-state index in [1.807, 2.05) is 0 Å². The molecule has 1 heterocycles. The molecule has 0 aliphatic carbocycles. The summed E-state index contributed by atoms with van der Waals surface area (Å²) in [5.41, 5.74) is 5.51. The fraction of sp³-hybridized carbons (Fsp3) is 0.875. The van der Waals surface area contributed by atoms with E-state index in [4.69, 9.17) is 15.6 Å². The van der Waals surface area contributed by atoms with E-state index in [1.165, 1.54) is 0 Å². The second-order valence-corrected chi connectivity index (χ2v) is 3.37. The van der Waals surface area contributed by atoms with Crippen LogP contribution in [0.15, 0.2) is 0 Å². The largest absolute Gasteiger partial charge is 0.490 e. The van der Waals surface area contributed by atoms with Gasteiger partial charge in [0.1, 0.15) is 0 Å². The lowest BCUT2D eigenvalue weighted by atomic mass is 10.1. The molecule has 0 saturated carbocycles. The van der Waals surface area contributed by atoms with Crippen molar-refractivity contribution in [1.29, 1.82) is 0 Å². The number of likely N-dealkylation sites (tertiary alicyclic amines) is 1. The molecule has 3 N–H and O–H groups in total. The van der Waals surface area contributed by atoms with Crippen LogP contribution in [-0.2, 0) is 4.79 Å². The molecule has 1 rings (SSSR count). The molecule has 0 aromatic carbocycles. The fourth-order valence-corrected chi connectivity index (χ4v) is 1.08. The van der Waals surface area contributed by atoms with E-state index >= 15 is 0 Å². The molecule has 1 aliphatic heterocycles. The SMILES string of the molecule is NC1CN(CCCF)C1.O=C(O)C(F)(F)F. The van der Waals surface area contributed by atoms with Gasteiger partial charge in [-0.05, 0) is 6.42 Å². The van der Waals surface area contributed by atoms with Crippen molar-refractivity contribution in [2.75, 3.05) is 26.3 Å². The summed E-state index contributed by atoms with van der Waals surface area (Å²) in [7, 11) is 0. The summed E-state index contributed by atoms with van der Waals surface area (Å²) in [6.07, 6.45) is -4.42. The van der Waals surface area contributed by atoms with Gasteiger partial charge in [0.2, 0.25) is 0 Å². The van der Waals surface area contributed by atoms with Crippen LogP contribution >= 0.6 is 0 Å². The maximum absolute atomic E-state index is 11.6. The Morgan fingerprint density at radius 2 is 1.88 bits per heavy atom. The van der Waals surface area contributed by atoms with Crippen molar-refractivity contribution in [3.05, 3.63) is 0 Å². The second kappa shape index (κ2) is 6.64. The lowest BCUT2D eigenvalue weighted by Crippen LogP contribution is -2.55. The Morgan fingerprint density at radius 3 is 2.12 bits per heavy atom. The zero-order valence-corrected chi connectivity index (χ0v) is 8.50. The van der Waals surface area contributed by atoms with Gasteiger partial charge in [-0.3, -0.25) is 4.39 Å². The number of nitrogens with two attached hydrogens (primary N) is 1. The quantitative estimate of drug-likeness (QED) is 0.716. The third kappa shape index (κ3) is 6.57. The van der Waals surface area contributed by atoms with E-state index in [9.17, 15) is 17.6 Å². The van der Waals surface area contributed by atoms with E-state index in [1.54, 1.807) is 0 Å². The third-order valence-corrected chi connectivity index (χ3v) is 1.84. The molecule has 8 heteroatoms. The van der Waals surface area contributed by atoms with E-state index in [0.29, 0.717) is 12.5 Å². The van der Waals surface area contributed by atoms with Crippen molar-refractivity contribution in [3.8, 4) is 0 Å². The normalized spacial score (nSPS) is 17.3. The first-order valence-electron chi connectivity index (χ1n) is 4.61. The van der Waals surface area contributed by atoms with Gasteiger partial charge in [-0.2, -0.15) is 13.2 Å². The highest BCUT2D eigenvalue weighted by Gasteiger charge is 2.38. The van der Waals surface area contributed by atoms with Gasteiger partial charge < -0.3 is 15.7 Å².